The summed E-state index contributed by atoms with van der Waals surface area (Å²) in [4.78, 5) is 16.3. The van der Waals surface area contributed by atoms with Gasteiger partial charge in [-0.1, -0.05) is 17.7 Å². The molecular formula is C15H12ClF3N4O. The number of allylic oxidation sites excluding steroid dienone is 1. The number of hydrogen-bond acceptors (Lipinski definition) is 4. The van der Waals surface area contributed by atoms with E-state index in [1.165, 1.54) is 13.1 Å². The Morgan fingerprint density at radius 1 is 1.38 bits per heavy atom. The van der Waals surface area contributed by atoms with E-state index < -0.39 is 17.8 Å². The molecule has 0 saturated carbocycles. The van der Waals surface area contributed by atoms with Crippen molar-refractivity contribution >= 4 is 34.1 Å². The number of nitrogens with zero attached hydrogens (tertiary/aromatic N) is 1. The Morgan fingerprint density at radius 2 is 2.08 bits per heavy atom. The van der Waals surface area contributed by atoms with Crippen molar-refractivity contribution in [2.75, 3.05) is 7.05 Å². The molecule has 9 heteroatoms. The van der Waals surface area contributed by atoms with E-state index in [9.17, 15) is 18.0 Å². The minimum atomic E-state index is -4.81. The number of amides is 1. The van der Waals surface area contributed by atoms with Crippen LogP contribution in [0.5, 0.6) is 0 Å². The number of hydrogen-bond donors (Lipinski definition) is 3. The van der Waals surface area contributed by atoms with Gasteiger partial charge in [0.25, 0.3) is 5.91 Å². The average Bonchev–Trinajstić information content (AvgIpc) is 2.52. The Kier molecular flexibility index (Phi) is 5.08. The number of alkyl halides is 3. The van der Waals surface area contributed by atoms with Gasteiger partial charge in [-0.15, -0.1) is 0 Å². The number of aromatic nitrogens is 1. The van der Waals surface area contributed by atoms with Crippen molar-refractivity contribution in [2.45, 2.75) is 6.18 Å². The summed E-state index contributed by atoms with van der Waals surface area (Å²) in [5, 5.41) is 12.4. The molecule has 0 spiro atoms. The number of nitrogens with one attached hydrogen (secondary N) is 3. The second-order valence-corrected chi connectivity index (χ2v) is 5.11. The fourth-order valence-electron chi connectivity index (χ4n) is 1.85. The molecule has 3 N–H and O–H groups in total. The number of benzene rings is 1. The number of pyridine rings is 1. The van der Waals surface area contributed by atoms with Gasteiger partial charge in [-0.2, -0.15) is 13.2 Å². The first-order valence-corrected chi connectivity index (χ1v) is 7.01. The summed E-state index contributed by atoms with van der Waals surface area (Å²) in [5.41, 5.74) is -1.02. The van der Waals surface area contributed by atoms with Crippen LogP contribution >= 0.6 is 11.6 Å². The highest BCUT2D eigenvalue weighted by Gasteiger charge is 2.33. The van der Waals surface area contributed by atoms with Gasteiger partial charge in [0.15, 0.2) is 0 Å². The average molecular weight is 357 g/mol. The van der Waals surface area contributed by atoms with E-state index in [0.717, 1.165) is 5.39 Å². The van der Waals surface area contributed by atoms with E-state index in [2.05, 4.69) is 15.6 Å². The molecule has 2 rings (SSSR count). The number of carbonyl (C=O) groups is 1. The quantitative estimate of drug-likeness (QED) is 0.736. The van der Waals surface area contributed by atoms with Crippen molar-refractivity contribution in [1.82, 2.24) is 15.6 Å². The molecule has 0 aliphatic carbocycles. The summed E-state index contributed by atoms with van der Waals surface area (Å²) in [6.07, 6.45) is -2.79. The standard InChI is InChI=1S/C15H12ClF3N4O/c1-21-13(7-12(20)15(17,18)19)23-14(24)9-6-11-8(5-10(9)16)3-2-4-22-11/h2-7,20-21H,1H3,(H,23,24)/b13-7+,20-12?. The molecule has 0 fully saturated rings. The zero-order chi connectivity index (χ0) is 17.9. The predicted octanol–water partition coefficient (Wildman–Crippen LogP) is 3.26. The number of fused-ring (bicyclic) bond motifs is 1. The van der Waals surface area contributed by atoms with Gasteiger partial charge in [0, 0.05) is 24.7 Å². The van der Waals surface area contributed by atoms with Crippen LogP contribution in [0.15, 0.2) is 42.4 Å². The zero-order valence-electron chi connectivity index (χ0n) is 12.3. The molecule has 1 aromatic carbocycles. The molecule has 126 valence electrons. The summed E-state index contributed by atoms with van der Waals surface area (Å²) >= 11 is 6.05. The van der Waals surface area contributed by atoms with Crippen molar-refractivity contribution < 1.29 is 18.0 Å². The van der Waals surface area contributed by atoms with Crippen molar-refractivity contribution in [3.8, 4) is 0 Å². The minimum Gasteiger partial charge on any atom is -0.375 e. The van der Waals surface area contributed by atoms with E-state index in [1.807, 2.05) is 0 Å². The van der Waals surface area contributed by atoms with Gasteiger partial charge in [0.1, 0.15) is 11.5 Å². The third-order valence-corrected chi connectivity index (χ3v) is 3.36. The molecule has 24 heavy (non-hydrogen) atoms. The lowest BCUT2D eigenvalue weighted by Crippen LogP contribution is -2.32. The molecule has 1 heterocycles. The Hall–Kier alpha value is -2.61. The van der Waals surface area contributed by atoms with Crippen molar-refractivity contribution in [2.24, 2.45) is 0 Å². The third kappa shape index (κ3) is 4.02. The van der Waals surface area contributed by atoms with Gasteiger partial charge in [-0.05, 0) is 18.2 Å². The maximum atomic E-state index is 12.4. The normalized spacial score (nSPS) is 12.1. The monoisotopic (exact) mass is 356 g/mol. The Balaban J connectivity index is 2.30. The second kappa shape index (κ2) is 6.88. The molecule has 0 atom stereocenters. The van der Waals surface area contributed by atoms with Gasteiger partial charge in [-0.3, -0.25) is 15.2 Å². The van der Waals surface area contributed by atoms with E-state index in [0.29, 0.717) is 11.6 Å². The van der Waals surface area contributed by atoms with Crippen LogP contribution in [0.25, 0.3) is 10.9 Å². The zero-order valence-corrected chi connectivity index (χ0v) is 13.1. The van der Waals surface area contributed by atoms with Gasteiger partial charge >= 0.3 is 6.18 Å². The van der Waals surface area contributed by atoms with Crippen LogP contribution in [0.2, 0.25) is 5.02 Å². The second-order valence-electron chi connectivity index (χ2n) is 4.70. The van der Waals surface area contributed by atoms with Crippen LogP contribution in [-0.2, 0) is 0 Å². The number of halogens is 4. The summed E-state index contributed by atoms with van der Waals surface area (Å²) < 4.78 is 37.2. The topological polar surface area (TPSA) is 77.9 Å². The van der Waals surface area contributed by atoms with E-state index >= 15 is 0 Å². The third-order valence-electron chi connectivity index (χ3n) is 3.05. The number of carbonyl (C=O) groups excluding carboxylic acids is 1. The van der Waals surface area contributed by atoms with Gasteiger partial charge in [0.2, 0.25) is 0 Å². The predicted molar refractivity (Wildman–Crippen MR) is 85.1 cm³/mol. The largest absolute Gasteiger partial charge is 0.432 e. The Morgan fingerprint density at radius 3 is 2.71 bits per heavy atom. The van der Waals surface area contributed by atoms with Gasteiger partial charge in [-0.25, -0.2) is 0 Å². The highest BCUT2D eigenvalue weighted by Crippen LogP contribution is 2.23. The molecule has 0 saturated heterocycles. The number of rotatable bonds is 4. The van der Waals surface area contributed by atoms with E-state index in [4.69, 9.17) is 17.0 Å². The molecule has 5 nitrogen and oxygen atoms in total. The molecule has 0 aliphatic rings. The molecule has 2 aromatic rings. The summed E-state index contributed by atoms with van der Waals surface area (Å²) in [7, 11) is 1.32. The minimum absolute atomic E-state index is 0.0579. The maximum absolute atomic E-state index is 12.4. The lowest BCUT2D eigenvalue weighted by molar-refractivity contribution is -0.0584. The van der Waals surface area contributed by atoms with E-state index in [1.54, 1.807) is 24.4 Å². The van der Waals surface area contributed by atoms with Crippen LogP contribution in [-0.4, -0.2) is 29.8 Å². The smallest absolute Gasteiger partial charge is 0.375 e. The molecule has 0 radical (unpaired) electrons. The van der Waals surface area contributed by atoms with Crippen LogP contribution in [0, 0.1) is 5.41 Å². The molecule has 1 amide bonds. The fourth-order valence-corrected chi connectivity index (χ4v) is 2.11. The lowest BCUT2D eigenvalue weighted by atomic mass is 10.1. The highest BCUT2D eigenvalue weighted by atomic mass is 35.5. The highest BCUT2D eigenvalue weighted by molar-refractivity contribution is 6.34. The van der Waals surface area contributed by atoms with Gasteiger partial charge in [0.05, 0.1) is 16.1 Å². The summed E-state index contributed by atoms with van der Waals surface area (Å²) in [5.74, 6) is -0.998. The Bertz CT molecular complexity index is 833. The van der Waals surface area contributed by atoms with Gasteiger partial charge < -0.3 is 10.6 Å². The molecular weight excluding hydrogens is 345 g/mol. The molecule has 0 aliphatic heterocycles. The lowest BCUT2D eigenvalue weighted by Gasteiger charge is -2.12. The van der Waals surface area contributed by atoms with Crippen molar-refractivity contribution in [3.63, 3.8) is 0 Å². The Labute approximate surface area is 140 Å². The van der Waals surface area contributed by atoms with Crippen molar-refractivity contribution in [1.29, 1.82) is 5.41 Å². The SMILES string of the molecule is CN/C(=C\C(=N)C(F)(F)F)NC(=O)c1cc2ncccc2cc1Cl. The van der Waals surface area contributed by atoms with Crippen LogP contribution in [0.1, 0.15) is 10.4 Å². The van der Waals surface area contributed by atoms with Crippen molar-refractivity contribution in [3.05, 3.63) is 52.9 Å². The van der Waals surface area contributed by atoms with Crippen LogP contribution in [0.4, 0.5) is 13.2 Å². The molecule has 1 aromatic heterocycles. The first-order valence-electron chi connectivity index (χ1n) is 6.63. The summed E-state index contributed by atoms with van der Waals surface area (Å²) in [6.45, 7) is 0. The molecule has 0 unspecified atom stereocenters. The van der Waals surface area contributed by atoms with E-state index in [-0.39, 0.29) is 16.4 Å². The van der Waals surface area contributed by atoms with Crippen LogP contribution in [0.3, 0.4) is 0 Å². The van der Waals surface area contributed by atoms with Crippen LogP contribution < -0.4 is 10.6 Å². The first-order chi connectivity index (χ1) is 11.2. The summed E-state index contributed by atoms with van der Waals surface area (Å²) in [6, 6.07) is 6.46. The maximum Gasteiger partial charge on any atom is 0.432 e. The molecule has 0 bridgehead atoms. The first kappa shape index (κ1) is 17.7. The fraction of sp³-hybridized carbons (Fsp3) is 0.133.